The van der Waals surface area contributed by atoms with Crippen molar-refractivity contribution in [2.75, 3.05) is 5.43 Å². The van der Waals surface area contributed by atoms with Crippen molar-refractivity contribution in [2.24, 2.45) is 11.0 Å². The van der Waals surface area contributed by atoms with Crippen molar-refractivity contribution in [3.8, 4) is 0 Å². The summed E-state index contributed by atoms with van der Waals surface area (Å²) in [6, 6.07) is 3.89. The Labute approximate surface area is 73.3 Å². The van der Waals surface area contributed by atoms with Crippen LogP contribution < -0.4 is 11.3 Å². The van der Waals surface area contributed by atoms with Crippen molar-refractivity contribution in [3.63, 3.8) is 0 Å². The Hall–Kier alpha value is -1.95. The Morgan fingerprint density at radius 3 is 2.69 bits per heavy atom. The van der Waals surface area contributed by atoms with E-state index < -0.39 is 5.97 Å². The number of anilines is 1. The van der Waals surface area contributed by atoms with E-state index in [4.69, 9.17) is 10.9 Å². The number of carbonyl (C=O) groups is 1. The summed E-state index contributed by atoms with van der Waals surface area (Å²) in [6.07, 6.45) is 0. The Kier molecular flexibility index (Phi) is 2.56. The molecule has 1 rings (SSSR count). The smallest absolute Gasteiger partial charge is 0.337 e. The Balaban J connectivity index is 3.25. The van der Waals surface area contributed by atoms with Crippen molar-refractivity contribution in [2.45, 2.75) is 0 Å². The Morgan fingerprint density at radius 2 is 2.23 bits per heavy atom. The highest BCUT2D eigenvalue weighted by Crippen LogP contribution is 2.21. The molecular formula is C7H7N3O3. The summed E-state index contributed by atoms with van der Waals surface area (Å²) < 4.78 is 0. The largest absolute Gasteiger partial charge is 0.478 e. The lowest BCUT2D eigenvalue weighted by Crippen LogP contribution is -2.11. The molecule has 0 heterocycles. The van der Waals surface area contributed by atoms with Crippen LogP contribution in [0.25, 0.3) is 0 Å². The van der Waals surface area contributed by atoms with Crippen molar-refractivity contribution < 1.29 is 9.90 Å². The van der Waals surface area contributed by atoms with Crippen molar-refractivity contribution in [1.82, 2.24) is 0 Å². The minimum absolute atomic E-state index is 0.0522. The number of nitrogen functional groups attached to an aromatic ring is 1. The first-order chi connectivity index (χ1) is 6.19. The van der Waals surface area contributed by atoms with Crippen LogP contribution in [0.2, 0.25) is 0 Å². The number of nitrogens with two attached hydrogens (primary N) is 1. The second-order valence-corrected chi connectivity index (χ2v) is 2.27. The fourth-order valence-corrected chi connectivity index (χ4v) is 0.892. The first-order valence-electron chi connectivity index (χ1n) is 3.36. The first-order valence-corrected chi connectivity index (χ1v) is 3.36. The molecule has 1 aromatic rings. The van der Waals surface area contributed by atoms with E-state index in [0.29, 0.717) is 0 Å². The lowest BCUT2D eigenvalue weighted by Gasteiger charge is -2.03. The summed E-state index contributed by atoms with van der Waals surface area (Å²) in [5, 5.41) is 11.3. The molecule has 0 aromatic heterocycles. The lowest BCUT2D eigenvalue weighted by atomic mass is 10.1. The van der Waals surface area contributed by atoms with Gasteiger partial charge in [0.25, 0.3) is 0 Å². The number of carboxylic acid groups (broad SMARTS) is 1. The molecule has 0 aliphatic heterocycles. The predicted octanol–water partition coefficient (Wildman–Crippen LogP) is 1.07. The Bertz CT molecular complexity index is 351. The standard InChI is InChI=1S/C7H7N3O3/c8-9-6-2-1-4(10-13)3-5(6)7(11)12/h1-3,9H,8H2,(H,11,12). The van der Waals surface area contributed by atoms with Gasteiger partial charge in [0.2, 0.25) is 0 Å². The van der Waals surface area contributed by atoms with E-state index in [0.717, 1.165) is 6.07 Å². The molecule has 0 radical (unpaired) electrons. The molecule has 0 aliphatic carbocycles. The number of nitroso groups, excluding NO2 is 1. The maximum atomic E-state index is 10.6. The van der Waals surface area contributed by atoms with Gasteiger partial charge in [-0.15, -0.1) is 4.91 Å². The van der Waals surface area contributed by atoms with Crippen LogP contribution in [0.4, 0.5) is 11.4 Å². The van der Waals surface area contributed by atoms with Gasteiger partial charge >= 0.3 is 5.97 Å². The minimum Gasteiger partial charge on any atom is -0.478 e. The van der Waals surface area contributed by atoms with Crippen molar-refractivity contribution >= 4 is 17.3 Å². The molecule has 6 nitrogen and oxygen atoms in total. The third-order valence-corrected chi connectivity index (χ3v) is 1.49. The average molecular weight is 181 g/mol. The number of hydrogen-bond donors (Lipinski definition) is 3. The molecule has 0 aliphatic rings. The fraction of sp³-hybridized carbons (Fsp3) is 0. The molecule has 1 aromatic carbocycles. The molecule has 0 bridgehead atoms. The maximum Gasteiger partial charge on any atom is 0.337 e. The molecule has 0 unspecified atom stereocenters. The van der Waals surface area contributed by atoms with Gasteiger partial charge in [0.05, 0.1) is 11.3 Å². The molecule has 0 fully saturated rings. The van der Waals surface area contributed by atoms with Crippen LogP contribution in [0.5, 0.6) is 0 Å². The van der Waals surface area contributed by atoms with Gasteiger partial charge in [-0.25, -0.2) is 4.79 Å². The molecule has 4 N–H and O–H groups in total. The number of hydrogen-bond acceptors (Lipinski definition) is 5. The molecule has 68 valence electrons. The van der Waals surface area contributed by atoms with E-state index in [1.807, 2.05) is 0 Å². The lowest BCUT2D eigenvalue weighted by molar-refractivity contribution is 0.0698. The van der Waals surface area contributed by atoms with Gasteiger partial charge in [0.15, 0.2) is 0 Å². The SMILES string of the molecule is NNc1ccc(N=O)cc1C(=O)O. The fourth-order valence-electron chi connectivity index (χ4n) is 0.892. The van der Waals surface area contributed by atoms with Crippen LogP contribution in [0.3, 0.4) is 0 Å². The molecule has 0 amide bonds. The highest BCUT2D eigenvalue weighted by Gasteiger charge is 2.09. The topological polar surface area (TPSA) is 105 Å². The molecule has 0 spiro atoms. The van der Waals surface area contributed by atoms with Crippen molar-refractivity contribution in [3.05, 3.63) is 28.7 Å². The van der Waals surface area contributed by atoms with Crippen LogP contribution in [0.15, 0.2) is 23.4 Å². The summed E-state index contributed by atoms with van der Waals surface area (Å²) >= 11 is 0. The zero-order valence-corrected chi connectivity index (χ0v) is 6.52. The van der Waals surface area contributed by atoms with Gasteiger partial charge in [-0.3, -0.25) is 5.84 Å². The number of benzene rings is 1. The molecule has 0 saturated carbocycles. The number of aromatic carboxylic acids is 1. The number of nitrogens with zero attached hydrogens (tertiary/aromatic N) is 1. The van der Waals surface area contributed by atoms with Crippen LogP contribution in [0, 0.1) is 4.91 Å². The molecule has 0 atom stereocenters. The molecule has 0 saturated heterocycles. The third kappa shape index (κ3) is 1.79. The molecule has 6 heteroatoms. The normalized spacial score (nSPS) is 9.31. The zero-order chi connectivity index (χ0) is 9.84. The summed E-state index contributed by atoms with van der Waals surface area (Å²) in [5.74, 6) is 3.89. The van der Waals surface area contributed by atoms with E-state index in [1.165, 1.54) is 12.1 Å². The number of nitrogens with one attached hydrogen (secondary N) is 1. The van der Waals surface area contributed by atoms with E-state index in [-0.39, 0.29) is 16.9 Å². The Morgan fingerprint density at radius 1 is 1.54 bits per heavy atom. The van der Waals surface area contributed by atoms with Crippen LogP contribution in [-0.4, -0.2) is 11.1 Å². The highest BCUT2D eigenvalue weighted by molar-refractivity contribution is 5.95. The van der Waals surface area contributed by atoms with Gasteiger partial charge in [0, 0.05) is 0 Å². The zero-order valence-electron chi connectivity index (χ0n) is 6.52. The third-order valence-electron chi connectivity index (χ3n) is 1.49. The van der Waals surface area contributed by atoms with Crippen LogP contribution >= 0.6 is 0 Å². The average Bonchev–Trinajstić information content (AvgIpc) is 2.16. The van der Waals surface area contributed by atoms with Crippen LogP contribution in [-0.2, 0) is 0 Å². The first kappa shape index (κ1) is 9.14. The highest BCUT2D eigenvalue weighted by atomic mass is 16.4. The number of rotatable bonds is 3. The summed E-state index contributed by atoms with van der Waals surface area (Å²) in [5.41, 5.74) is 2.41. The van der Waals surface area contributed by atoms with E-state index >= 15 is 0 Å². The van der Waals surface area contributed by atoms with Gasteiger partial charge in [-0.1, -0.05) is 0 Å². The van der Waals surface area contributed by atoms with Crippen LogP contribution in [0.1, 0.15) is 10.4 Å². The summed E-state index contributed by atoms with van der Waals surface area (Å²) in [6.45, 7) is 0. The maximum absolute atomic E-state index is 10.6. The number of carboxylic acids is 1. The van der Waals surface area contributed by atoms with Gasteiger partial charge < -0.3 is 10.5 Å². The second-order valence-electron chi connectivity index (χ2n) is 2.27. The summed E-state index contributed by atoms with van der Waals surface area (Å²) in [4.78, 5) is 20.7. The van der Waals surface area contributed by atoms with E-state index in [1.54, 1.807) is 0 Å². The van der Waals surface area contributed by atoms with E-state index in [2.05, 4.69) is 10.6 Å². The summed E-state index contributed by atoms with van der Waals surface area (Å²) in [7, 11) is 0. The van der Waals surface area contributed by atoms with Gasteiger partial charge in [-0.2, -0.15) is 0 Å². The minimum atomic E-state index is -1.17. The van der Waals surface area contributed by atoms with Gasteiger partial charge in [0.1, 0.15) is 5.69 Å². The number of hydrazine groups is 1. The second kappa shape index (κ2) is 3.63. The predicted molar refractivity (Wildman–Crippen MR) is 46.7 cm³/mol. The van der Waals surface area contributed by atoms with Gasteiger partial charge in [-0.05, 0) is 23.4 Å². The van der Waals surface area contributed by atoms with E-state index in [9.17, 15) is 9.70 Å². The molecule has 13 heavy (non-hydrogen) atoms. The quantitative estimate of drug-likeness (QED) is 0.367. The monoisotopic (exact) mass is 181 g/mol. The van der Waals surface area contributed by atoms with Crippen molar-refractivity contribution in [1.29, 1.82) is 0 Å². The molecular weight excluding hydrogens is 174 g/mol.